The molecule has 0 saturated carbocycles. The Morgan fingerprint density at radius 2 is 1.83 bits per heavy atom. The third-order valence-corrected chi connectivity index (χ3v) is 6.80. The lowest BCUT2D eigenvalue weighted by atomic mass is 10.1. The lowest BCUT2D eigenvalue weighted by molar-refractivity contribution is -0.122. The van der Waals surface area contributed by atoms with E-state index in [1.165, 1.54) is 17.0 Å². The normalized spacial score (nSPS) is 15.1. The van der Waals surface area contributed by atoms with Crippen LogP contribution in [0.15, 0.2) is 52.5 Å². The van der Waals surface area contributed by atoms with Crippen LogP contribution in [0.1, 0.15) is 32.9 Å². The molecule has 2 N–H and O–H groups in total. The molecular weight excluding hydrogens is 554 g/mol. The molecule has 1 saturated heterocycles. The first-order valence-corrected chi connectivity index (χ1v) is 12.0. The Bertz CT molecular complexity index is 1480. The molecule has 7 nitrogen and oxygen atoms in total. The molecule has 0 bridgehead atoms. The summed E-state index contributed by atoms with van der Waals surface area (Å²) in [6.45, 7) is 5.55. The van der Waals surface area contributed by atoms with E-state index in [4.69, 9.17) is 23.8 Å². The summed E-state index contributed by atoms with van der Waals surface area (Å²) in [6.07, 6.45) is 1.53. The second kappa shape index (κ2) is 9.41. The number of benzene rings is 2. The average Bonchev–Trinajstić information content (AvgIpc) is 3.05. The fourth-order valence-corrected chi connectivity index (χ4v) is 5.05. The Hall–Kier alpha value is -3.27. The van der Waals surface area contributed by atoms with E-state index in [1.807, 2.05) is 37.5 Å². The number of nitrogens with zero attached hydrogens (tertiary/aromatic N) is 2. The van der Waals surface area contributed by atoms with Crippen LogP contribution in [0.5, 0.6) is 0 Å². The van der Waals surface area contributed by atoms with Gasteiger partial charge in [-0.3, -0.25) is 19.8 Å². The van der Waals surface area contributed by atoms with E-state index in [1.54, 1.807) is 24.3 Å². The van der Waals surface area contributed by atoms with Crippen LogP contribution in [-0.4, -0.2) is 32.6 Å². The monoisotopic (exact) mass is 571 g/mol. The number of hydrogen-bond acceptors (Lipinski definition) is 4. The minimum absolute atomic E-state index is 0.00369. The standard InChI is InChI=1S/C25H19BrClN3O4S/c1-12-8-16(26)4-7-21(12)30-23(32)19(22(31)28-25(30)35)10-15-9-13(2)29(14(15)3)17-5-6-18(24(33)34)20(27)11-17/h4-11H,1-3H3,(H,33,34)(H,28,31,35)/b19-10+. The summed E-state index contributed by atoms with van der Waals surface area (Å²) in [6, 6.07) is 11.9. The van der Waals surface area contributed by atoms with E-state index in [0.717, 1.165) is 21.4 Å². The number of hydrogen-bond donors (Lipinski definition) is 2. The Kier molecular flexibility index (Phi) is 6.68. The van der Waals surface area contributed by atoms with E-state index in [9.17, 15) is 19.5 Å². The van der Waals surface area contributed by atoms with Crippen molar-refractivity contribution in [3.8, 4) is 5.69 Å². The number of amides is 2. The molecule has 4 rings (SSSR count). The van der Waals surface area contributed by atoms with Gasteiger partial charge in [0.15, 0.2) is 5.11 Å². The zero-order chi connectivity index (χ0) is 25.6. The van der Waals surface area contributed by atoms with E-state index < -0.39 is 17.8 Å². The molecule has 2 amide bonds. The molecule has 0 unspecified atom stereocenters. The number of anilines is 1. The van der Waals surface area contributed by atoms with Crippen molar-refractivity contribution in [1.82, 2.24) is 9.88 Å². The molecule has 0 spiro atoms. The first-order valence-electron chi connectivity index (χ1n) is 10.4. The van der Waals surface area contributed by atoms with Crippen LogP contribution in [0.4, 0.5) is 5.69 Å². The number of carboxylic acid groups (broad SMARTS) is 1. The van der Waals surface area contributed by atoms with Crippen molar-refractivity contribution in [2.24, 2.45) is 0 Å². The van der Waals surface area contributed by atoms with Crippen LogP contribution in [0.2, 0.25) is 5.02 Å². The highest BCUT2D eigenvalue weighted by Gasteiger charge is 2.35. The third kappa shape index (κ3) is 4.54. The van der Waals surface area contributed by atoms with Gasteiger partial charge in [-0.05, 0) is 92.7 Å². The number of carbonyl (C=O) groups excluding carboxylic acids is 2. The van der Waals surface area contributed by atoms with Gasteiger partial charge in [0, 0.05) is 21.5 Å². The molecule has 3 aromatic rings. The van der Waals surface area contributed by atoms with Gasteiger partial charge in [0.2, 0.25) is 0 Å². The van der Waals surface area contributed by atoms with E-state index >= 15 is 0 Å². The molecule has 10 heteroatoms. The number of halogens is 2. The summed E-state index contributed by atoms with van der Waals surface area (Å²) in [4.78, 5) is 38.8. The van der Waals surface area contributed by atoms with Crippen LogP contribution >= 0.6 is 39.7 Å². The smallest absolute Gasteiger partial charge is 0.337 e. The number of carboxylic acids is 1. The first-order chi connectivity index (χ1) is 16.5. The largest absolute Gasteiger partial charge is 0.478 e. The predicted octanol–water partition coefficient (Wildman–Crippen LogP) is 5.35. The first kappa shape index (κ1) is 24.8. The summed E-state index contributed by atoms with van der Waals surface area (Å²) >= 11 is 14.9. The van der Waals surface area contributed by atoms with Gasteiger partial charge in [0.1, 0.15) is 5.57 Å². The fraction of sp³-hybridized carbons (Fsp3) is 0.120. The highest BCUT2D eigenvalue weighted by molar-refractivity contribution is 9.10. The number of aryl methyl sites for hydroxylation is 2. The number of aromatic carboxylic acids is 1. The zero-order valence-electron chi connectivity index (χ0n) is 18.8. The average molecular weight is 573 g/mol. The molecule has 2 heterocycles. The molecular formula is C25H19BrClN3O4S. The molecule has 0 radical (unpaired) electrons. The van der Waals surface area contributed by atoms with Crippen molar-refractivity contribution < 1.29 is 19.5 Å². The topological polar surface area (TPSA) is 91.6 Å². The summed E-state index contributed by atoms with van der Waals surface area (Å²) in [5.41, 5.74) is 4.21. The van der Waals surface area contributed by atoms with E-state index in [-0.39, 0.29) is 21.3 Å². The summed E-state index contributed by atoms with van der Waals surface area (Å²) in [5, 5.41) is 12.0. The number of thiocarbonyl (C=S) groups is 1. The van der Waals surface area contributed by atoms with Crippen molar-refractivity contribution in [3.05, 3.63) is 85.6 Å². The van der Waals surface area contributed by atoms with Crippen molar-refractivity contribution >= 4 is 74.4 Å². The summed E-state index contributed by atoms with van der Waals surface area (Å²) in [5.74, 6) is -2.22. The highest BCUT2D eigenvalue weighted by Crippen LogP contribution is 2.30. The van der Waals surface area contributed by atoms with Crippen LogP contribution in [0.25, 0.3) is 11.8 Å². The van der Waals surface area contributed by atoms with Crippen molar-refractivity contribution in [2.45, 2.75) is 20.8 Å². The van der Waals surface area contributed by atoms with E-state index in [2.05, 4.69) is 21.2 Å². The number of rotatable bonds is 4. The van der Waals surface area contributed by atoms with Gasteiger partial charge in [-0.15, -0.1) is 0 Å². The Balaban J connectivity index is 1.77. The maximum atomic E-state index is 13.4. The second-order valence-electron chi connectivity index (χ2n) is 8.02. The zero-order valence-corrected chi connectivity index (χ0v) is 22.0. The molecule has 2 aromatic carbocycles. The van der Waals surface area contributed by atoms with Crippen molar-refractivity contribution in [3.63, 3.8) is 0 Å². The van der Waals surface area contributed by atoms with Crippen LogP contribution in [-0.2, 0) is 9.59 Å². The lowest BCUT2D eigenvalue weighted by Gasteiger charge is -2.30. The number of carbonyl (C=O) groups is 3. The number of aromatic nitrogens is 1. The van der Waals surface area contributed by atoms with Gasteiger partial charge in [-0.25, -0.2) is 4.79 Å². The Labute approximate surface area is 220 Å². The van der Waals surface area contributed by atoms with Gasteiger partial charge in [0.25, 0.3) is 11.8 Å². The molecule has 1 aliphatic heterocycles. The molecule has 0 atom stereocenters. The third-order valence-electron chi connectivity index (χ3n) is 5.71. The van der Waals surface area contributed by atoms with Gasteiger partial charge in [-0.2, -0.15) is 0 Å². The van der Waals surface area contributed by atoms with Crippen LogP contribution in [0, 0.1) is 20.8 Å². The molecule has 35 heavy (non-hydrogen) atoms. The van der Waals surface area contributed by atoms with Gasteiger partial charge in [0.05, 0.1) is 16.3 Å². The quantitative estimate of drug-likeness (QED) is 0.250. The maximum Gasteiger partial charge on any atom is 0.337 e. The minimum atomic E-state index is -1.11. The minimum Gasteiger partial charge on any atom is -0.478 e. The predicted molar refractivity (Wildman–Crippen MR) is 142 cm³/mol. The lowest BCUT2D eigenvalue weighted by Crippen LogP contribution is -2.54. The molecule has 1 aliphatic rings. The van der Waals surface area contributed by atoms with Gasteiger partial charge in [-0.1, -0.05) is 27.5 Å². The van der Waals surface area contributed by atoms with Crippen molar-refractivity contribution in [2.75, 3.05) is 4.90 Å². The van der Waals surface area contributed by atoms with E-state index in [0.29, 0.717) is 16.9 Å². The Morgan fingerprint density at radius 1 is 1.11 bits per heavy atom. The summed E-state index contributed by atoms with van der Waals surface area (Å²) < 4.78 is 2.73. The number of nitrogens with one attached hydrogen (secondary N) is 1. The summed E-state index contributed by atoms with van der Waals surface area (Å²) in [7, 11) is 0. The van der Waals surface area contributed by atoms with Gasteiger partial charge < -0.3 is 9.67 Å². The fourth-order valence-electron chi connectivity index (χ4n) is 4.05. The Morgan fingerprint density at radius 3 is 2.46 bits per heavy atom. The molecule has 1 fully saturated rings. The molecule has 178 valence electrons. The van der Waals surface area contributed by atoms with Crippen LogP contribution < -0.4 is 10.2 Å². The molecule has 0 aliphatic carbocycles. The maximum absolute atomic E-state index is 13.4. The SMILES string of the molecule is Cc1cc(Br)ccc1N1C(=O)/C(=C/c2cc(C)n(-c3ccc(C(=O)O)c(Cl)c3)c2C)C(=O)NC1=S. The highest BCUT2D eigenvalue weighted by atomic mass is 79.9. The second-order valence-corrected chi connectivity index (χ2v) is 9.73. The van der Waals surface area contributed by atoms with Crippen LogP contribution in [0.3, 0.4) is 0 Å². The van der Waals surface area contributed by atoms with Gasteiger partial charge >= 0.3 is 5.97 Å². The van der Waals surface area contributed by atoms with Crippen molar-refractivity contribution in [1.29, 1.82) is 0 Å². The molecule has 1 aromatic heterocycles.